The van der Waals surface area contributed by atoms with Crippen molar-refractivity contribution in [1.29, 1.82) is 0 Å². The quantitative estimate of drug-likeness (QED) is 0.151. The van der Waals surface area contributed by atoms with Crippen molar-refractivity contribution in [3.05, 3.63) is 224 Å². The predicted octanol–water partition coefficient (Wildman–Crippen LogP) is 16.0. The van der Waals surface area contributed by atoms with Gasteiger partial charge in [0.2, 0.25) is 0 Å². The highest BCUT2D eigenvalue weighted by molar-refractivity contribution is 6.15. The molecule has 0 bridgehead atoms. The zero-order chi connectivity index (χ0) is 38.4. The van der Waals surface area contributed by atoms with Crippen LogP contribution in [0.3, 0.4) is 0 Å². The molecule has 272 valence electrons. The standard InChI is InChI=1S/C56H37NO/c1-3-14-38(15-4-1)39-28-32-45(33-29-39)57(54-37-44-18-7-8-21-47(44)50-22-9-10-23-51(50)54)46-34-30-40(31-35-46)42-19-11-20-43(36-42)49-25-13-27-53-52-26-12-24-48(55(52)58-56(49)53)41-16-5-2-6-17-41/h1-37H. The van der Waals surface area contributed by atoms with Crippen LogP contribution in [0, 0.1) is 0 Å². The zero-order valence-electron chi connectivity index (χ0n) is 31.7. The fourth-order valence-corrected chi connectivity index (χ4v) is 8.64. The third kappa shape index (κ3) is 5.82. The molecule has 0 saturated carbocycles. The van der Waals surface area contributed by atoms with Gasteiger partial charge in [0.25, 0.3) is 0 Å². The van der Waals surface area contributed by atoms with E-state index >= 15 is 0 Å². The molecule has 11 aromatic rings. The van der Waals surface area contributed by atoms with Crippen molar-refractivity contribution in [2.75, 3.05) is 4.90 Å². The summed E-state index contributed by atoms with van der Waals surface area (Å²) in [5, 5.41) is 7.17. The molecular weight excluding hydrogens is 703 g/mol. The number of benzene rings is 10. The van der Waals surface area contributed by atoms with E-state index in [1.807, 2.05) is 6.07 Å². The van der Waals surface area contributed by atoms with Crippen LogP contribution in [-0.2, 0) is 0 Å². The minimum absolute atomic E-state index is 0.907. The Bertz CT molecular complexity index is 3250. The first-order valence-electron chi connectivity index (χ1n) is 19.8. The van der Waals surface area contributed by atoms with Gasteiger partial charge < -0.3 is 9.32 Å². The molecule has 0 fully saturated rings. The molecule has 11 rings (SSSR count). The molecule has 58 heavy (non-hydrogen) atoms. The first-order chi connectivity index (χ1) is 28.8. The number of furan rings is 1. The van der Waals surface area contributed by atoms with E-state index in [1.54, 1.807) is 0 Å². The van der Waals surface area contributed by atoms with Crippen LogP contribution in [0.15, 0.2) is 229 Å². The Balaban J connectivity index is 1.00. The number of hydrogen-bond acceptors (Lipinski definition) is 2. The number of hydrogen-bond donors (Lipinski definition) is 0. The molecule has 10 aromatic carbocycles. The summed E-state index contributed by atoms with van der Waals surface area (Å²) < 4.78 is 6.78. The van der Waals surface area contributed by atoms with E-state index in [4.69, 9.17) is 4.42 Å². The van der Waals surface area contributed by atoms with Crippen molar-refractivity contribution in [3.63, 3.8) is 0 Å². The van der Waals surface area contributed by atoms with Crippen molar-refractivity contribution < 1.29 is 4.42 Å². The molecular formula is C56H37NO. The summed E-state index contributed by atoms with van der Waals surface area (Å²) in [6.45, 7) is 0. The molecule has 0 aliphatic heterocycles. The lowest BCUT2D eigenvalue weighted by molar-refractivity contribution is 0.671. The Morgan fingerprint density at radius 3 is 1.38 bits per heavy atom. The summed E-state index contributed by atoms with van der Waals surface area (Å²) in [6.07, 6.45) is 0. The number of para-hydroxylation sites is 2. The lowest BCUT2D eigenvalue weighted by Gasteiger charge is -2.28. The van der Waals surface area contributed by atoms with Crippen LogP contribution >= 0.6 is 0 Å². The number of rotatable bonds is 7. The third-order valence-electron chi connectivity index (χ3n) is 11.5. The number of nitrogens with zero attached hydrogens (tertiary/aromatic N) is 1. The summed E-state index contributed by atoms with van der Waals surface area (Å²) >= 11 is 0. The first kappa shape index (κ1) is 33.6. The summed E-state index contributed by atoms with van der Waals surface area (Å²) in [5.74, 6) is 0. The lowest BCUT2D eigenvalue weighted by Crippen LogP contribution is -2.10. The maximum absolute atomic E-state index is 6.78. The Morgan fingerprint density at radius 2 is 0.724 bits per heavy atom. The molecule has 0 unspecified atom stereocenters. The highest BCUT2D eigenvalue weighted by Crippen LogP contribution is 2.44. The smallest absolute Gasteiger partial charge is 0.143 e. The molecule has 2 heteroatoms. The first-order valence-corrected chi connectivity index (χ1v) is 19.8. The highest BCUT2D eigenvalue weighted by Gasteiger charge is 2.19. The van der Waals surface area contributed by atoms with E-state index in [-0.39, 0.29) is 0 Å². The Hall–Kier alpha value is -7.68. The molecule has 1 aromatic heterocycles. The van der Waals surface area contributed by atoms with E-state index in [9.17, 15) is 0 Å². The second-order valence-corrected chi connectivity index (χ2v) is 14.9. The van der Waals surface area contributed by atoms with Crippen LogP contribution < -0.4 is 4.90 Å². The Kier molecular flexibility index (Phi) is 8.19. The van der Waals surface area contributed by atoms with Crippen LogP contribution in [0.2, 0.25) is 0 Å². The van der Waals surface area contributed by atoms with Crippen LogP contribution in [0.4, 0.5) is 17.1 Å². The average Bonchev–Trinajstić information content (AvgIpc) is 3.70. The van der Waals surface area contributed by atoms with Gasteiger partial charge in [-0.05, 0) is 85.9 Å². The largest absolute Gasteiger partial charge is 0.455 e. The summed E-state index contributed by atoms with van der Waals surface area (Å²) in [6, 6.07) is 80.5. The highest BCUT2D eigenvalue weighted by atomic mass is 16.3. The minimum Gasteiger partial charge on any atom is -0.455 e. The van der Waals surface area contributed by atoms with Crippen LogP contribution in [0.5, 0.6) is 0 Å². The second kappa shape index (κ2) is 14.1. The maximum atomic E-state index is 6.78. The SMILES string of the molecule is c1ccc(-c2ccc(N(c3ccc(-c4cccc(-c5cccc6c5oc5c(-c7ccccc7)cccc56)c4)cc3)c3cc4ccccc4c4ccccc34)cc2)cc1. The van der Waals surface area contributed by atoms with E-state index in [0.29, 0.717) is 0 Å². The van der Waals surface area contributed by atoms with Crippen molar-refractivity contribution in [2.45, 2.75) is 0 Å². The van der Waals surface area contributed by atoms with E-state index < -0.39 is 0 Å². The topological polar surface area (TPSA) is 16.4 Å². The monoisotopic (exact) mass is 739 g/mol. The van der Waals surface area contributed by atoms with Crippen molar-refractivity contribution in [2.24, 2.45) is 0 Å². The van der Waals surface area contributed by atoms with Crippen LogP contribution in [0.1, 0.15) is 0 Å². The zero-order valence-corrected chi connectivity index (χ0v) is 31.7. The van der Waals surface area contributed by atoms with Gasteiger partial charge in [-0.1, -0.05) is 188 Å². The van der Waals surface area contributed by atoms with Gasteiger partial charge in [0.15, 0.2) is 0 Å². The molecule has 0 N–H and O–H groups in total. The van der Waals surface area contributed by atoms with E-state index in [1.165, 1.54) is 32.7 Å². The minimum atomic E-state index is 0.907. The second-order valence-electron chi connectivity index (χ2n) is 14.9. The molecule has 2 nitrogen and oxygen atoms in total. The molecule has 0 atom stereocenters. The van der Waals surface area contributed by atoms with Crippen molar-refractivity contribution >= 4 is 60.5 Å². The molecule has 0 saturated heterocycles. The molecule has 0 radical (unpaired) electrons. The van der Waals surface area contributed by atoms with Gasteiger partial charge in [-0.15, -0.1) is 0 Å². The normalized spacial score (nSPS) is 11.4. The average molecular weight is 740 g/mol. The summed E-state index contributed by atoms with van der Waals surface area (Å²) in [4.78, 5) is 2.40. The van der Waals surface area contributed by atoms with Crippen molar-refractivity contribution in [3.8, 4) is 44.5 Å². The van der Waals surface area contributed by atoms with Gasteiger partial charge in [0.05, 0.1) is 5.69 Å². The van der Waals surface area contributed by atoms with E-state index in [0.717, 1.165) is 72.4 Å². The van der Waals surface area contributed by atoms with Crippen LogP contribution in [-0.4, -0.2) is 0 Å². The van der Waals surface area contributed by atoms with Gasteiger partial charge in [0, 0.05) is 38.7 Å². The summed E-state index contributed by atoms with van der Waals surface area (Å²) in [7, 11) is 0. The summed E-state index contributed by atoms with van der Waals surface area (Å²) in [5.41, 5.74) is 14.3. The predicted molar refractivity (Wildman–Crippen MR) is 245 cm³/mol. The lowest BCUT2D eigenvalue weighted by atomic mass is 9.96. The van der Waals surface area contributed by atoms with Gasteiger partial charge in [-0.2, -0.15) is 0 Å². The number of fused-ring (bicyclic) bond motifs is 6. The van der Waals surface area contributed by atoms with Crippen LogP contribution in [0.25, 0.3) is 88.0 Å². The Labute approximate surface area is 337 Å². The molecule has 0 spiro atoms. The maximum Gasteiger partial charge on any atom is 0.143 e. The van der Waals surface area contributed by atoms with E-state index in [2.05, 4.69) is 223 Å². The van der Waals surface area contributed by atoms with Gasteiger partial charge in [-0.25, -0.2) is 0 Å². The third-order valence-corrected chi connectivity index (χ3v) is 11.5. The van der Waals surface area contributed by atoms with Crippen molar-refractivity contribution in [1.82, 2.24) is 0 Å². The van der Waals surface area contributed by atoms with Gasteiger partial charge >= 0.3 is 0 Å². The fourth-order valence-electron chi connectivity index (χ4n) is 8.64. The molecule has 0 aliphatic carbocycles. The molecule has 0 aliphatic rings. The Morgan fingerprint density at radius 1 is 0.276 bits per heavy atom. The molecule has 1 heterocycles. The van der Waals surface area contributed by atoms with Gasteiger partial charge in [0.1, 0.15) is 11.2 Å². The fraction of sp³-hybridized carbons (Fsp3) is 0. The number of anilines is 3. The van der Waals surface area contributed by atoms with Gasteiger partial charge in [-0.3, -0.25) is 0 Å². The molecule has 0 amide bonds.